The fourth-order valence-electron chi connectivity index (χ4n) is 2.35. The van der Waals surface area contributed by atoms with Crippen LogP contribution in [-0.4, -0.2) is 24.6 Å². The minimum absolute atomic E-state index is 0.0629. The second-order valence-electron chi connectivity index (χ2n) is 5.99. The Bertz CT molecular complexity index is 816. The summed E-state index contributed by atoms with van der Waals surface area (Å²) in [4.78, 5) is 4.03. The highest BCUT2D eigenvalue weighted by Gasteiger charge is 2.23. The Labute approximate surface area is 146 Å². The molecule has 1 saturated carbocycles. The molecule has 0 radical (unpaired) electrons. The molecule has 0 aliphatic heterocycles. The van der Waals surface area contributed by atoms with Crippen molar-refractivity contribution < 1.29 is 13.2 Å². The number of halogens is 1. The number of aryl methyl sites for hydroxylation is 1. The Kier molecular flexibility index (Phi) is 5.12. The average Bonchev–Trinajstić information content (AvgIpc) is 3.27. The van der Waals surface area contributed by atoms with E-state index in [1.165, 1.54) is 18.9 Å². The number of hydrogen-bond acceptors (Lipinski definition) is 4. The largest absolute Gasteiger partial charge is 0.492 e. The molecular formula is C16H20ClN3O3S. The third kappa shape index (κ3) is 4.28. The molecule has 24 heavy (non-hydrogen) atoms. The molecule has 1 aliphatic carbocycles. The number of nitrogens with zero attached hydrogens (tertiary/aromatic N) is 2. The van der Waals surface area contributed by atoms with Gasteiger partial charge in [0.05, 0.1) is 25.2 Å². The number of hydrogen-bond donors (Lipinski definition) is 1. The molecule has 0 spiro atoms. The number of nitrogens with one attached hydrogen (secondary N) is 1. The molecule has 0 saturated heterocycles. The quantitative estimate of drug-likeness (QED) is 0.776. The summed E-state index contributed by atoms with van der Waals surface area (Å²) in [7, 11) is -1.93. The molecule has 1 N–H and O–H groups in total. The summed E-state index contributed by atoms with van der Waals surface area (Å²) in [5.74, 6) is 1.05. The van der Waals surface area contributed by atoms with Crippen LogP contribution in [0.3, 0.4) is 0 Å². The molecule has 1 heterocycles. The van der Waals surface area contributed by atoms with Crippen molar-refractivity contribution in [1.82, 2.24) is 14.3 Å². The van der Waals surface area contributed by atoms with E-state index in [2.05, 4.69) is 9.71 Å². The van der Waals surface area contributed by atoms with Crippen molar-refractivity contribution in [2.45, 2.75) is 30.7 Å². The van der Waals surface area contributed by atoms with Crippen LogP contribution in [-0.2, 0) is 23.6 Å². The topological polar surface area (TPSA) is 73.2 Å². The lowest BCUT2D eigenvalue weighted by molar-refractivity contribution is 0.295. The SMILES string of the molecule is Cn1cncc1CNS(=O)(=O)c1cc(Cl)ccc1OCCC1CC1. The van der Waals surface area contributed by atoms with Gasteiger partial charge in [0.2, 0.25) is 10.0 Å². The second-order valence-corrected chi connectivity index (χ2v) is 8.16. The third-order valence-corrected chi connectivity index (χ3v) is 5.69. The number of aromatic nitrogens is 2. The Morgan fingerprint density at radius 3 is 2.88 bits per heavy atom. The molecule has 8 heteroatoms. The van der Waals surface area contributed by atoms with Gasteiger partial charge in [0.1, 0.15) is 10.6 Å². The molecule has 130 valence electrons. The number of imidazole rings is 1. The van der Waals surface area contributed by atoms with Gasteiger partial charge in [-0.25, -0.2) is 18.1 Å². The zero-order valence-electron chi connectivity index (χ0n) is 13.4. The summed E-state index contributed by atoms with van der Waals surface area (Å²) in [6.07, 6.45) is 6.66. The summed E-state index contributed by atoms with van der Waals surface area (Å²) >= 11 is 5.98. The van der Waals surface area contributed by atoms with Gasteiger partial charge in [-0.05, 0) is 30.5 Å². The van der Waals surface area contributed by atoms with Crippen molar-refractivity contribution in [3.8, 4) is 5.75 Å². The van der Waals surface area contributed by atoms with E-state index < -0.39 is 10.0 Å². The van der Waals surface area contributed by atoms with Gasteiger partial charge in [-0.2, -0.15) is 0 Å². The predicted molar refractivity (Wildman–Crippen MR) is 91.5 cm³/mol. The van der Waals surface area contributed by atoms with E-state index in [1.54, 1.807) is 29.2 Å². The van der Waals surface area contributed by atoms with Gasteiger partial charge in [0.25, 0.3) is 0 Å². The summed E-state index contributed by atoms with van der Waals surface area (Å²) in [6, 6.07) is 4.65. The predicted octanol–water partition coefficient (Wildman–Crippen LogP) is 2.73. The van der Waals surface area contributed by atoms with E-state index in [9.17, 15) is 8.42 Å². The van der Waals surface area contributed by atoms with E-state index in [4.69, 9.17) is 16.3 Å². The lowest BCUT2D eigenvalue weighted by Crippen LogP contribution is -2.25. The van der Waals surface area contributed by atoms with Gasteiger partial charge in [-0.15, -0.1) is 0 Å². The molecule has 0 bridgehead atoms. The third-order valence-electron chi connectivity index (χ3n) is 4.04. The molecule has 1 aromatic carbocycles. The van der Waals surface area contributed by atoms with E-state index in [1.807, 2.05) is 7.05 Å². The maximum absolute atomic E-state index is 12.6. The standard InChI is InChI=1S/C16H20ClN3O3S/c1-20-11-18-9-14(20)10-19-24(21,22)16-8-13(17)4-5-15(16)23-7-6-12-2-3-12/h4-5,8-9,11-12,19H,2-3,6-7,10H2,1H3. The molecular weight excluding hydrogens is 350 g/mol. The van der Waals surface area contributed by atoms with Crippen LogP contribution < -0.4 is 9.46 Å². The monoisotopic (exact) mass is 369 g/mol. The average molecular weight is 370 g/mol. The molecule has 6 nitrogen and oxygen atoms in total. The van der Waals surface area contributed by atoms with Gasteiger partial charge in [0, 0.05) is 18.3 Å². The Hall–Kier alpha value is -1.57. The van der Waals surface area contributed by atoms with Crippen molar-refractivity contribution in [2.75, 3.05) is 6.61 Å². The molecule has 3 rings (SSSR count). The minimum atomic E-state index is -3.74. The highest BCUT2D eigenvalue weighted by molar-refractivity contribution is 7.89. The Morgan fingerprint density at radius 1 is 1.42 bits per heavy atom. The number of sulfonamides is 1. The van der Waals surface area contributed by atoms with Crippen LogP contribution >= 0.6 is 11.6 Å². The first-order chi connectivity index (χ1) is 11.5. The number of rotatable bonds is 8. The molecule has 0 unspecified atom stereocenters. The first-order valence-electron chi connectivity index (χ1n) is 7.83. The van der Waals surface area contributed by atoms with Crippen LogP contribution in [0.5, 0.6) is 5.75 Å². The summed E-state index contributed by atoms with van der Waals surface area (Å²) < 4.78 is 35.3. The molecule has 1 aromatic heterocycles. The molecule has 1 fully saturated rings. The normalized spacial score (nSPS) is 14.8. The highest BCUT2D eigenvalue weighted by atomic mass is 35.5. The molecule has 1 aliphatic rings. The minimum Gasteiger partial charge on any atom is -0.492 e. The summed E-state index contributed by atoms with van der Waals surface area (Å²) in [6.45, 7) is 0.656. The number of benzene rings is 1. The second kappa shape index (κ2) is 7.13. The van der Waals surface area contributed by atoms with Crippen LogP contribution in [0.2, 0.25) is 5.02 Å². The van der Waals surface area contributed by atoms with E-state index >= 15 is 0 Å². The van der Waals surface area contributed by atoms with Crippen LogP contribution in [0.4, 0.5) is 0 Å². The van der Waals surface area contributed by atoms with Gasteiger partial charge in [-0.3, -0.25) is 0 Å². The first kappa shape index (κ1) is 17.3. The van der Waals surface area contributed by atoms with E-state index in [0.717, 1.165) is 18.0 Å². The van der Waals surface area contributed by atoms with Gasteiger partial charge < -0.3 is 9.30 Å². The van der Waals surface area contributed by atoms with Gasteiger partial charge in [-0.1, -0.05) is 24.4 Å². The van der Waals surface area contributed by atoms with E-state index in [0.29, 0.717) is 17.4 Å². The lowest BCUT2D eigenvalue weighted by Gasteiger charge is -2.13. The molecule has 0 amide bonds. The van der Waals surface area contributed by atoms with Crippen molar-refractivity contribution in [3.05, 3.63) is 41.4 Å². The van der Waals surface area contributed by atoms with Crippen LogP contribution in [0.1, 0.15) is 25.0 Å². The van der Waals surface area contributed by atoms with Gasteiger partial charge >= 0.3 is 0 Å². The fraction of sp³-hybridized carbons (Fsp3) is 0.438. The smallest absolute Gasteiger partial charge is 0.244 e. The van der Waals surface area contributed by atoms with Crippen molar-refractivity contribution >= 4 is 21.6 Å². The maximum Gasteiger partial charge on any atom is 0.244 e. The highest BCUT2D eigenvalue weighted by Crippen LogP contribution is 2.33. The van der Waals surface area contributed by atoms with Crippen LogP contribution in [0, 0.1) is 5.92 Å². The first-order valence-corrected chi connectivity index (χ1v) is 9.69. The zero-order chi connectivity index (χ0) is 17.2. The van der Waals surface area contributed by atoms with Gasteiger partial charge in [0.15, 0.2) is 0 Å². The number of ether oxygens (including phenoxy) is 1. The summed E-state index contributed by atoms with van der Waals surface area (Å²) in [5, 5.41) is 0.352. The van der Waals surface area contributed by atoms with Crippen molar-refractivity contribution in [1.29, 1.82) is 0 Å². The van der Waals surface area contributed by atoms with Crippen LogP contribution in [0.25, 0.3) is 0 Å². The van der Waals surface area contributed by atoms with Crippen LogP contribution in [0.15, 0.2) is 35.6 Å². The van der Waals surface area contributed by atoms with Crippen molar-refractivity contribution in [2.24, 2.45) is 13.0 Å². The fourth-order valence-corrected chi connectivity index (χ4v) is 3.76. The molecule has 2 aromatic rings. The van der Waals surface area contributed by atoms with Crippen molar-refractivity contribution in [3.63, 3.8) is 0 Å². The summed E-state index contributed by atoms with van der Waals surface area (Å²) in [5.41, 5.74) is 0.761. The van der Waals surface area contributed by atoms with E-state index in [-0.39, 0.29) is 11.4 Å². The zero-order valence-corrected chi connectivity index (χ0v) is 15.0. The maximum atomic E-state index is 12.6. The Balaban J connectivity index is 1.74. The lowest BCUT2D eigenvalue weighted by atomic mass is 10.3. The Morgan fingerprint density at radius 2 is 2.21 bits per heavy atom. The molecule has 0 atom stereocenters.